The molecule has 5 nitrogen and oxygen atoms in total. The number of ether oxygens (including phenoxy) is 3. The Morgan fingerprint density at radius 2 is 1.95 bits per heavy atom. The van der Waals surface area contributed by atoms with E-state index in [1.807, 2.05) is 39.0 Å². The highest BCUT2D eigenvalue weighted by Crippen LogP contribution is 2.33. The molecule has 0 amide bonds. The molecule has 104 valence electrons. The minimum atomic E-state index is -0.424. The average Bonchev–Trinajstić information content (AvgIpc) is 2.95. The second kappa shape index (κ2) is 4.37. The number of nitrogens with zero attached hydrogens (tertiary/aromatic N) is 1. The number of hydrogen-bond donors (Lipinski definition) is 0. The number of esters is 1. The lowest BCUT2D eigenvalue weighted by Crippen LogP contribution is -2.21. The Labute approximate surface area is 116 Å². The molecule has 0 bridgehead atoms. The van der Waals surface area contributed by atoms with Crippen molar-refractivity contribution in [3.05, 3.63) is 29.5 Å². The molecule has 0 unspecified atom stereocenters. The van der Waals surface area contributed by atoms with E-state index in [2.05, 4.69) is 4.99 Å². The first-order chi connectivity index (χ1) is 9.43. The molecule has 0 radical (unpaired) electrons. The summed E-state index contributed by atoms with van der Waals surface area (Å²) in [5.74, 6) is 1.40. The molecule has 0 atom stereocenters. The third-order valence-corrected chi connectivity index (χ3v) is 2.96. The molecular weight excluding hydrogens is 258 g/mol. The molecule has 0 N–H and O–H groups in total. The first-order valence-electron chi connectivity index (χ1n) is 6.36. The fourth-order valence-corrected chi connectivity index (χ4v) is 1.89. The van der Waals surface area contributed by atoms with E-state index in [1.54, 1.807) is 6.08 Å². The van der Waals surface area contributed by atoms with Crippen LogP contribution in [0.3, 0.4) is 0 Å². The van der Waals surface area contributed by atoms with Crippen molar-refractivity contribution < 1.29 is 19.0 Å². The number of carbonyl (C=O) groups is 1. The van der Waals surface area contributed by atoms with Crippen molar-refractivity contribution in [1.82, 2.24) is 0 Å². The van der Waals surface area contributed by atoms with Crippen molar-refractivity contribution in [2.75, 3.05) is 6.79 Å². The number of fused-ring (bicyclic) bond motifs is 1. The summed E-state index contributed by atoms with van der Waals surface area (Å²) < 4.78 is 15.7. The minimum absolute atomic E-state index is 0.226. The Kier molecular flexibility index (Phi) is 2.78. The molecule has 2 aliphatic heterocycles. The van der Waals surface area contributed by atoms with E-state index in [0.29, 0.717) is 23.1 Å². The maximum absolute atomic E-state index is 11.8. The van der Waals surface area contributed by atoms with Crippen LogP contribution in [0.5, 0.6) is 11.5 Å². The van der Waals surface area contributed by atoms with Crippen LogP contribution in [0.15, 0.2) is 28.9 Å². The molecule has 20 heavy (non-hydrogen) atoms. The number of carbonyl (C=O) groups excluding carboxylic acids is 1. The molecule has 0 saturated heterocycles. The lowest BCUT2D eigenvalue weighted by atomic mass is 9.97. The predicted molar refractivity (Wildman–Crippen MR) is 73.5 cm³/mol. The first-order valence-corrected chi connectivity index (χ1v) is 6.36. The van der Waals surface area contributed by atoms with E-state index in [4.69, 9.17) is 14.2 Å². The lowest BCUT2D eigenvalue weighted by molar-refractivity contribution is -0.130. The van der Waals surface area contributed by atoms with Crippen LogP contribution in [-0.2, 0) is 9.53 Å². The summed E-state index contributed by atoms with van der Waals surface area (Å²) in [5, 5.41) is 0. The van der Waals surface area contributed by atoms with Crippen LogP contribution < -0.4 is 9.47 Å². The van der Waals surface area contributed by atoms with Crippen molar-refractivity contribution in [1.29, 1.82) is 0 Å². The van der Waals surface area contributed by atoms with Gasteiger partial charge in [-0.3, -0.25) is 0 Å². The van der Waals surface area contributed by atoms with Gasteiger partial charge < -0.3 is 14.2 Å². The van der Waals surface area contributed by atoms with Crippen molar-refractivity contribution in [2.24, 2.45) is 10.4 Å². The van der Waals surface area contributed by atoms with E-state index in [9.17, 15) is 4.79 Å². The molecule has 0 aromatic heterocycles. The summed E-state index contributed by atoms with van der Waals surface area (Å²) in [6, 6.07) is 5.47. The van der Waals surface area contributed by atoms with Gasteiger partial charge in [-0.25, -0.2) is 9.79 Å². The van der Waals surface area contributed by atoms with Gasteiger partial charge in [0.1, 0.15) is 0 Å². The van der Waals surface area contributed by atoms with Gasteiger partial charge in [0.05, 0.1) is 0 Å². The van der Waals surface area contributed by atoms with E-state index in [0.717, 1.165) is 5.56 Å². The number of cyclic esters (lactones) is 1. The molecule has 2 aliphatic rings. The Balaban J connectivity index is 1.92. The van der Waals surface area contributed by atoms with Gasteiger partial charge in [-0.05, 0) is 23.8 Å². The van der Waals surface area contributed by atoms with Gasteiger partial charge in [-0.1, -0.05) is 26.8 Å². The molecular formula is C15H15NO4. The van der Waals surface area contributed by atoms with E-state index >= 15 is 0 Å². The summed E-state index contributed by atoms with van der Waals surface area (Å²) in [6.07, 6.45) is 1.68. The molecule has 2 heterocycles. The molecule has 3 rings (SSSR count). The van der Waals surface area contributed by atoms with Gasteiger partial charge in [0.25, 0.3) is 0 Å². The Morgan fingerprint density at radius 3 is 2.65 bits per heavy atom. The predicted octanol–water partition coefficient (Wildman–Crippen LogP) is 2.76. The maximum Gasteiger partial charge on any atom is 0.363 e. The second-order valence-electron chi connectivity index (χ2n) is 5.70. The fraction of sp³-hybridized carbons (Fsp3) is 0.333. The van der Waals surface area contributed by atoms with Crippen LogP contribution in [0, 0.1) is 5.41 Å². The highest BCUT2D eigenvalue weighted by Gasteiger charge is 2.31. The van der Waals surface area contributed by atoms with Crippen molar-refractivity contribution in [2.45, 2.75) is 20.8 Å². The number of rotatable bonds is 1. The van der Waals surface area contributed by atoms with E-state index < -0.39 is 5.97 Å². The van der Waals surface area contributed by atoms with Gasteiger partial charge in [0, 0.05) is 5.41 Å². The van der Waals surface area contributed by atoms with Crippen LogP contribution in [0.2, 0.25) is 0 Å². The summed E-state index contributed by atoms with van der Waals surface area (Å²) in [4.78, 5) is 16.1. The first kappa shape index (κ1) is 12.7. The van der Waals surface area contributed by atoms with Crippen LogP contribution in [-0.4, -0.2) is 18.7 Å². The second-order valence-corrected chi connectivity index (χ2v) is 5.70. The topological polar surface area (TPSA) is 57.1 Å². The van der Waals surface area contributed by atoms with E-state index in [-0.39, 0.29) is 12.2 Å². The zero-order chi connectivity index (χ0) is 14.3. The molecule has 0 saturated carbocycles. The van der Waals surface area contributed by atoms with E-state index in [1.165, 1.54) is 0 Å². The van der Waals surface area contributed by atoms with Crippen molar-refractivity contribution in [3.63, 3.8) is 0 Å². The van der Waals surface area contributed by atoms with Crippen LogP contribution >= 0.6 is 0 Å². The standard InChI is InChI=1S/C15H15NO4/c1-15(2,3)14-16-10(13(17)20-14)6-9-4-5-11-12(7-9)19-8-18-11/h4-7H,8H2,1-3H3/b10-6+. The number of benzene rings is 1. The maximum atomic E-state index is 11.8. The van der Waals surface area contributed by atoms with Crippen molar-refractivity contribution in [3.8, 4) is 11.5 Å². The van der Waals surface area contributed by atoms with Gasteiger partial charge in [-0.15, -0.1) is 0 Å². The van der Waals surface area contributed by atoms with Gasteiger partial charge >= 0.3 is 5.97 Å². The highest BCUT2D eigenvalue weighted by atomic mass is 16.7. The third kappa shape index (κ3) is 2.27. The molecule has 1 aromatic carbocycles. The number of hydrogen-bond acceptors (Lipinski definition) is 5. The van der Waals surface area contributed by atoms with Crippen LogP contribution in [0.4, 0.5) is 0 Å². The SMILES string of the molecule is CC(C)(C)C1=N/C(=C/c2ccc3c(c2)OCO3)C(=O)O1. The average molecular weight is 273 g/mol. The Bertz CT molecular complexity index is 638. The Hall–Kier alpha value is -2.30. The summed E-state index contributed by atoms with van der Waals surface area (Å²) >= 11 is 0. The lowest BCUT2D eigenvalue weighted by Gasteiger charge is -2.15. The summed E-state index contributed by atoms with van der Waals surface area (Å²) in [6.45, 7) is 6.07. The van der Waals surface area contributed by atoms with Crippen LogP contribution in [0.25, 0.3) is 6.08 Å². The van der Waals surface area contributed by atoms with Gasteiger partial charge in [0.15, 0.2) is 17.2 Å². The molecule has 5 heteroatoms. The molecule has 0 fully saturated rings. The van der Waals surface area contributed by atoms with Crippen molar-refractivity contribution >= 4 is 17.9 Å². The van der Waals surface area contributed by atoms with Gasteiger partial charge in [0.2, 0.25) is 12.7 Å². The molecule has 0 spiro atoms. The van der Waals surface area contributed by atoms with Gasteiger partial charge in [-0.2, -0.15) is 0 Å². The molecule has 1 aromatic rings. The fourth-order valence-electron chi connectivity index (χ4n) is 1.89. The smallest absolute Gasteiger partial charge is 0.363 e. The monoisotopic (exact) mass is 273 g/mol. The molecule has 0 aliphatic carbocycles. The summed E-state index contributed by atoms with van der Waals surface area (Å²) in [5.41, 5.74) is 0.828. The normalized spacial score (nSPS) is 19.2. The third-order valence-electron chi connectivity index (χ3n) is 2.96. The minimum Gasteiger partial charge on any atom is -0.454 e. The highest BCUT2D eigenvalue weighted by molar-refractivity contribution is 6.08. The zero-order valence-corrected chi connectivity index (χ0v) is 11.6. The van der Waals surface area contributed by atoms with Crippen LogP contribution in [0.1, 0.15) is 26.3 Å². The Morgan fingerprint density at radius 1 is 1.20 bits per heavy atom. The zero-order valence-electron chi connectivity index (χ0n) is 11.6. The number of aliphatic imine (C=N–C) groups is 1. The quantitative estimate of drug-likeness (QED) is 0.583. The largest absolute Gasteiger partial charge is 0.454 e. The summed E-state index contributed by atoms with van der Waals surface area (Å²) in [7, 11) is 0.